The van der Waals surface area contributed by atoms with Crippen molar-refractivity contribution in [1.29, 1.82) is 0 Å². The standard InChI is InChI=1S/C20H25N3O3/c1-14-11-16(6-7-18(14)25-3)12-20(24)23-10-4-5-17(13-23)26-19-8-9-21-15(2)22-19/h6-9,11,17H,4-5,10,12-13H2,1-3H3. The number of aryl methyl sites for hydroxylation is 2. The van der Waals surface area contributed by atoms with E-state index in [-0.39, 0.29) is 12.0 Å². The predicted octanol–water partition coefficient (Wildman–Crippen LogP) is 2.71. The first-order valence-corrected chi connectivity index (χ1v) is 8.93. The third kappa shape index (κ3) is 4.50. The Morgan fingerprint density at radius 2 is 2.15 bits per heavy atom. The van der Waals surface area contributed by atoms with Gasteiger partial charge in [0.1, 0.15) is 17.7 Å². The van der Waals surface area contributed by atoms with E-state index in [4.69, 9.17) is 9.47 Å². The van der Waals surface area contributed by atoms with Crippen LogP contribution in [-0.2, 0) is 11.2 Å². The van der Waals surface area contributed by atoms with Crippen LogP contribution in [0.4, 0.5) is 0 Å². The Balaban J connectivity index is 1.60. The summed E-state index contributed by atoms with van der Waals surface area (Å²) >= 11 is 0. The van der Waals surface area contributed by atoms with E-state index in [0.717, 1.165) is 36.3 Å². The van der Waals surface area contributed by atoms with E-state index >= 15 is 0 Å². The van der Waals surface area contributed by atoms with Gasteiger partial charge in [0, 0.05) is 18.8 Å². The summed E-state index contributed by atoms with van der Waals surface area (Å²) in [6.07, 6.45) is 3.91. The second kappa shape index (κ2) is 8.17. The van der Waals surface area contributed by atoms with E-state index in [2.05, 4.69) is 9.97 Å². The monoisotopic (exact) mass is 355 g/mol. The number of ether oxygens (including phenoxy) is 2. The fraction of sp³-hybridized carbons (Fsp3) is 0.450. The Morgan fingerprint density at radius 3 is 2.88 bits per heavy atom. The molecule has 1 amide bonds. The molecule has 6 nitrogen and oxygen atoms in total. The van der Waals surface area contributed by atoms with Crippen LogP contribution in [0.1, 0.15) is 29.8 Å². The number of amides is 1. The molecule has 0 bridgehead atoms. The van der Waals surface area contributed by atoms with Gasteiger partial charge in [-0.15, -0.1) is 0 Å². The highest BCUT2D eigenvalue weighted by Gasteiger charge is 2.25. The van der Waals surface area contributed by atoms with Crippen LogP contribution in [0.15, 0.2) is 30.5 Å². The van der Waals surface area contributed by atoms with Crippen LogP contribution < -0.4 is 9.47 Å². The number of carbonyl (C=O) groups excluding carboxylic acids is 1. The summed E-state index contributed by atoms with van der Waals surface area (Å²) in [5, 5.41) is 0. The van der Waals surface area contributed by atoms with Crippen molar-refractivity contribution in [1.82, 2.24) is 14.9 Å². The van der Waals surface area contributed by atoms with Crippen LogP contribution in [-0.4, -0.2) is 47.1 Å². The van der Waals surface area contributed by atoms with Crippen molar-refractivity contribution in [2.24, 2.45) is 0 Å². The molecule has 1 aliphatic rings. The highest BCUT2D eigenvalue weighted by atomic mass is 16.5. The second-order valence-electron chi connectivity index (χ2n) is 6.64. The van der Waals surface area contributed by atoms with Gasteiger partial charge in [-0.05, 0) is 43.9 Å². The zero-order valence-electron chi connectivity index (χ0n) is 15.6. The first kappa shape index (κ1) is 18.2. The fourth-order valence-corrected chi connectivity index (χ4v) is 3.27. The van der Waals surface area contributed by atoms with Gasteiger partial charge >= 0.3 is 0 Å². The Labute approximate surface area is 154 Å². The van der Waals surface area contributed by atoms with Gasteiger partial charge in [-0.2, -0.15) is 4.98 Å². The molecule has 26 heavy (non-hydrogen) atoms. The predicted molar refractivity (Wildman–Crippen MR) is 98.4 cm³/mol. The Bertz CT molecular complexity index is 779. The van der Waals surface area contributed by atoms with Crippen molar-refractivity contribution in [3.8, 4) is 11.6 Å². The highest BCUT2D eigenvalue weighted by molar-refractivity contribution is 5.79. The summed E-state index contributed by atoms with van der Waals surface area (Å²) in [7, 11) is 1.65. The molecule has 0 saturated carbocycles. The molecule has 1 fully saturated rings. The molecule has 0 aliphatic carbocycles. The Morgan fingerprint density at radius 1 is 1.31 bits per heavy atom. The van der Waals surface area contributed by atoms with Gasteiger partial charge in [-0.25, -0.2) is 4.98 Å². The van der Waals surface area contributed by atoms with Gasteiger partial charge in [0.2, 0.25) is 11.8 Å². The van der Waals surface area contributed by atoms with E-state index < -0.39 is 0 Å². The molecule has 0 spiro atoms. The first-order valence-electron chi connectivity index (χ1n) is 8.93. The van der Waals surface area contributed by atoms with Gasteiger partial charge in [0.25, 0.3) is 0 Å². The van der Waals surface area contributed by atoms with E-state index in [0.29, 0.717) is 24.7 Å². The summed E-state index contributed by atoms with van der Waals surface area (Å²) in [5.74, 6) is 2.22. The van der Waals surface area contributed by atoms with Crippen molar-refractivity contribution in [3.05, 3.63) is 47.4 Å². The molecular weight excluding hydrogens is 330 g/mol. The van der Waals surface area contributed by atoms with E-state index in [1.54, 1.807) is 19.4 Å². The topological polar surface area (TPSA) is 64.5 Å². The maximum Gasteiger partial charge on any atom is 0.227 e. The third-order valence-corrected chi connectivity index (χ3v) is 4.58. The van der Waals surface area contributed by atoms with Gasteiger partial charge < -0.3 is 14.4 Å². The molecule has 0 N–H and O–H groups in total. The lowest BCUT2D eigenvalue weighted by molar-refractivity contribution is -0.133. The van der Waals surface area contributed by atoms with Gasteiger partial charge in [0.05, 0.1) is 20.1 Å². The highest BCUT2D eigenvalue weighted by Crippen LogP contribution is 2.21. The van der Waals surface area contributed by atoms with Crippen LogP contribution in [0.25, 0.3) is 0 Å². The van der Waals surface area contributed by atoms with Crippen molar-refractivity contribution in [2.75, 3.05) is 20.2 Å². The number of benzene rings is 1. The molecule has 2 heterocycles. The summed E-state index contributed by atoms with van der Waals surface area (Å²) in [5.41, 5.74) is 2.04. The zero-order valence-corrected chi connectivity index (χ0v) is 15.6. The summed E-state index contributed by atoms with van der Waals surface area (Å²) < 4.78 is 11.2. The minimum Gasteiger partial charge on any atom is -0.496 e. The number of nitrogens with zero attached hydrogens (tertiary/aromatic N) is 3. The normalized spacial score (nSPS) is 17.0. The van der Waals surface area contributed by atoms with E-state index in [1.165, 1.54) is 0 Å². The van der Waals surface area contributed by atoms with Gasteiger partial charge in [0.15, 0.2) is 0 Å². The second-order valence-corrected chi connectivity index (χ2v) is 6.64. The number of methoxy groups -OCH3 is 1. The molecular formula is C20H25N3O3. The van der Waals surface area contributed by atoms with Crippen LogP contribution in [0.3, 0.4) is 0 Å². The molecule has 1 saturated heterocycles. The number of rotatable bonds is 5. The van der Waals surface area contributed by atoms with Crippen LogP contribution in [0, 0.1) is 13.8 Å². The van der Waals surface area contributed by atoms with Crippen molar-refractivity contribution >= 4 is 5.91 Å². The number of piperidine rings is 1. The molecule has 1 aromatic carbocycles. The number of hydrogen-bond donors (Lipinski definition) is 0. The molecule has 138 valence electrons. The maximum atomic E-state index is 12.7. The van der Waals surface area contributed by atoms with Gasteiger partial charge in [-0.3, -0.25) is 4.79 Å². The summed E-state index contributed by atoms with van der Waals surface area (Å²) in [6, 6.07) is 7.63. The van der Waals surface area contributed by atoms with E-state index in [9.17, 15) is 4.79 Å². The molecule has 0 radical (unpaired) electrons. The lowest BCUT2D eigenvalue weighted by Crippen LogP contribution is -2.45. The summed E-state index contributed by atoms with van der Waals surface area (Å²) in [4.78, 5) is 22.9. The van der Waals surface area contributed by atoms with Crippen LogP contribution >= 0.6 is 0 Å². The number of aromatic nitrogens is 2. The lowest BCUT2D eigenvalue weighted by atomic mass is 10.0. The van der Waals surface area contributed by atoms with Crippen molar-refractivity contribution < 1.29 is 14.3 Å². The van der Waals surface area contributed by atoms with Crippen LogP contribution in [0.5, 0.6) is 11.6 Å². The third-order valence-electron chi connectivity index (χ3n) is 4.58. The first-order chi connectivity index (χ1) is 12.5. The molecule has 1 unspecified atom stereocenters. The Hall–Kier alpha value is -2.63. The van der Waals surface area contributed by atoms with Crippen molar-refractivity contribution in [2.45, 2.75) is 39.2 Å². The summed E-state index contributed by atoms with van der Waals surface area (Å²) in [6.45, 7) is 5.19. The molecule has 1 atom stereocenters. The number of hydrogen-bond acceptors (Lipinski definition) is 5. The quantitative estimate of drug-likeness (QED) is 0.825. The van der Waals surface area contributed by atoms with E-state index in [1.807, 2.05) is 36.9 Å². The molecule has 1 aliphatic heterocycles. The molecule has 6 heteroatoms. The fourth-order valence-electron chi connectivity index (χ4n) is 3.27. The van der Waals surface area contributed by atoms with Crippen LogP contribution in [0.2, 0.25) is 0 Å². The zero-order chi connectivity index (χ0) is 18.5. The molecule has 2 aromatic rings. The maximum absolute atomic E-state index is 12.7. The van der Waals surface area contributed by atoms with Gasteiger partial charge in [-0.1, -0.05) is 12.1 Å². The number of likely N-dealkylation sites (tertiary alicyclic amines) is 1. The number of carbonyl (C=O) groups is 1. The van der Waals surface area contributed by atoms with Crippen molar-refractivity contribution in [3.63, 3.8) is 0 Å². The molecule has 1 aromatic heterocycles. The minimum atomic E-state index is -0.0281. The average molecular weight is 355 g/mol. The smallest absolute Gasteiger partial charge is 0.227 e. The largest absolute Gasteiger partial charge is 0.496 e. The average Bonchev–Trinajstić information content (AvgIpc) is 2.62. The lowest BCUT2D eigenvalue weighted by Gasteiger charge is -2.32. The minimum absolute atomic E-state index is 0.0281. The SMILES string of the molecule is COc1ccc(CC(=O)N2CCCC(Oc3ccnc(C)n3)C2)cc1C. The Kier molecular flexibility index (Phi) is 5.71. The molecule has 3 rings (SSSR count).